The molecule has 0 bridgehead atoms. The van der Waals surface area contributed by atoms with Gasteiger partial charge in [-0.15, -0.1) is 0 Å². The lowest BCUT2D eigenvalue weighted by atomic mass is 10.1. The molecular formula is C40H80O2Si. The Hall–Kier alpha value is -0.573. The highest BCUT2D eigenvalue weighted by Crippen LogP contribution is 2.32. The molecule has 0 atom stereocenters. The molecule has 0 spiro atoms. The molecule has 0 saturated heterocycles. The molecule has 0 radical (unpaired) electrons. The van der Waals surface area contributed by atoms with Crippen LogP contribution in [0.5, 0.6) is 0 Å². The van der Waals surface area contributed by atoms with Gasteiger partial charge in [0.05, 0.1) is 0 Å². The van der Waals surface area contributed by atoms with Crippen LogP contribution < -0.4 is 0 Å². The van der Waals surface area contributed by atoms with E-state index in [0.29, 0.717) is 5.57 Å². The van der Waals surface area contributed by atoms with E-state index in [4.69, 9.17) is 4.43 Å². The highest BCUT2D eigenvalue weighted by atomic mass is 28.4. The Morgan fingerprint density at radius 3 is 0.837 bits per heavy atom. The minimum atomic E-state index is -2.10. The lowest BCUT2D eigenvalue weighted by Gasteiger charge is -2.32. The van der Waals surface area contributed by atoms with Gasteiger partial charge in [-0.3, -0.25) is 0 Å². The van der Waals surface area contributed by atoms with E-state index < -0.39 is 8.32 Å². The third kappa shape index (κ3) is 28.6. The summed E-state index contributed by atoms with van der Waals surface area (Å²) in [5.74, 6) is -0.0992. The zero-order valence-corrected chi connectivity index (χ0v) is 31.4. The Morgan fingerprint density at radius 2 is 0.628 bits per heavy atom. The van der Waals surface area contributed by atoms with Crippen LogP contribution in [-0.2, 0) is 9.22 Å². The maximum atomic E-state index is 12.9. The number of hydrogen-bond acceptors (Lipinski definition) is 2. The molecule has 0 saturated carbocycles. The molecule has 0 aromatic heterocycles. The first-order valence-corrected chi connectivity index (χ1v) is 22.4. The summed E-state index contributed by atoms with van der Waals surface area (Å²) in [6.07, 6.45) is 41.0. The van der Waals surface area contributed by atoms with Gasteiger partial charge >= 0.3 is 5.97 Å². The van der Waals surface area contributed by atoms with Crippen molar-refractivity contribution in [3.8, 4) is 0 Å². The smallest absolute Gasteiger partial charge is 0.319 e. The minimum absolute atomic E-state index is 0.0992. The van der Waals surface area contributed by atoms with E-state index in [-0.39, 0.29) is 5.97 Å². The van der Waals surface area contributed by atoms with Crippen molar-refractivity contribution in [1.29, 1.82) is 0 Å². The first-order valence-electron chi connectivity index (χ1n) is 19.9. The van der Waals surface area contributed by atoms with Crippen molar-refractivity contribution < 1.29 is 9.22 Å². The van der Waals surface area contributed by atoms with Crippen molar-refractivity contribution in [3.63, 3.8) is 0 Å². The van der Waals surface area contributed by atoms with Crippen LogP contribution in [0.25, 0.3) is 0 Å². The van der Waals surface area contributed by atoms with E-state index in [2.05, 4.69) is 27.4 Å². The molecule has 0 aromatic carbocycles. The van der Waals surface area contributed by atoms with Crippen LogP contribution >= 0.6 is 0 Å². The van der Waals surface area contributed by atoms with Crippen LogP contribution in [0.3, 0.4) is 0 Å². The predicted molar refractivity (Wildman–Crippen MR) is 197 cm³/mol. The Bertz CT molecular complexity index is 541. The van der Waals surface area contributed by atoms with Crippen LogP contribution in [0.15, 0.2) is 12.2 Å². The third-order valence-corrected chi connectivity index (χ3v) is 14.0. The lowest BCUT2D eigenvalue weighted by Crippen LogP contribution is -2.40. The van der Waals surface area contributed by atoms with Gasteiger partial charge in [0.25, 0.3) is 8.32 Å². The van der Waals surface area contributed by atoms with Crippen molar-refractivity contribution in [2.45, 2.75) is 238 Å². The molecule has 0 fully saturated rings. The molecule has 0 N–H and O–H groups in total. The minimum Gasteiger partial charge on any atom is -0.516 e. The van der Waals surface area contributed by atoms with Crippen molar-refractivity contribution in [2.75, 3.05) is 0 Å². The van der Waals surface area contributed by atoms with Crippen molar-refractivity contribution in [3.05, 3.63) is 12.2 Å². The molecule has 0 aliphatic carbocycles. The van der Waals surface area contributed by atoms with Crippen molar-refractivity contribution in [2.24, 2.45) is 0 Å². The number of rotatable bonds is 35. The molecule has 2 nitrogen and oxygen atoms in total. The first kappa shape index (κ1) is 42.4. The fraction of sp³-hybridized carbons (Fsp3) is 0.925. The molecule has 0 rings (SSSR count). The maximum Gasteiger partial charge on any atom is 0.319 e. The van der Waals surface area contributed by atoms with E-state index >= 15 is 0 Å². The van der Waals surface area contributed by atoms with Crippen LogP contribution in [-0.4, -0.2) is 14.3 Å². The molecule has 256 valence electrons. The average Bonchev–Trinajstić information content (AvgIpc) is 3.00. The van der Waals surface area contributed by atoms with E-state index in [0.717, 1.165) is 0 Å². The maximum absolute atomic E-state index is 12.9. The predicted octanol–water partition coefficient (Wildman–Crippen LogP) is 14.8. The fourth-order valence-corrected chi connectivity index (χ4v) is 10.9. The van der Waals surface area contributed by atoms with Gasteiger partial charge < -0.3 is 4.43 Å². The second-order valence-electron chi connectivity index (χ2n) is 14.1. The standard InChI is InChI=1S/C40H80O2Si/c1-6-9-12-15-18-21-24-27-30-33-36-43(42-40(41)39(4)5,37-34-31-28-25-22-19-16-13-10-7-2)38-35-32-29-26-23-20-17-14-11-8-3/h4,6-38H2,1-3,5H3. The van der Waals surface area contributed by atoms with Gasteiger partial charge in [0.1, 0.15) is 0 Å². The zero-order valence-electron chi connectivity index (χ0n) is 30.4. The molecule has 0 amide bonds. The van der Waals surface area contributed by atoms with Crippen LogP contribution in [0.2, 0.25) is 18.1 Å². The highest BCUT2D eigenvalue weighted by molar-refractivity contribution is 6.75. The summed E-state index contributed by atoms with van der Waals surface area (Å²) in [6, 6.07) is 3.53. The summed E-state index contributed by atoms with van der Waals surface area (Å²) in [7, 11) is -2.10. The molecule has 3 heteroatoms. The van der Waals surface area contributed by atoms with Gasteiger partial charge in [0.2, 0.25) is 0 Å². The lowest BCUT2D eigenvalue weighted by molar-refractivity contribution is -0.131. The summed E-state index contributed by atoms with van der Waals surface area (Å²) in [6.45, 7) is 12.7. The van der Waals surface area contributed by atoms with Gasteiger partial charge in [0.15, 0.2) is 0 Å². The monoisotopic (exact) mass is 621 g/mol. The van der Waals surface area contributed by atoms with E-state index in [1.54, 1.807) is 0 Å². The molecule has 0 aromatic rings. The SMILES string of the molecule is C=C(C)C(=O)O[Si](CCCCCCCCCCCC)(CCCCCCCCCCCC)CCCCCCCCCCCC. The summed E-state index contributed by atoms with van der Waals surface area (Å²) < 4.78 is 6.55. The number of hydrogen-bond donors (Lipinski definition) is 0. The Balaban J connectivity index is 4.77. The number of unbranched alkanes of at least 4 members (excludes halogenated alkanes) is 27. The normalized spacial score (nSPS) is 11.7. The van der Waals surface area contributed by atoms with E-state index in [1.807, 2.05) is 6.92 Å². The van der Waals surface area contributed by atoms with Gasteiger partial charge in [-0.05, 0) is 25.1 Å². The molecular weight excluding hydrogens is 541 g/mol. The van der Waals surface area contributed by atoms with Gasteiger partial charge in [0, 0.05) is 5.57 Å². The second kappa shape index (κ2) is 32.8. The molecule has 0 unspecified atom stereocenters. The molecule has 0 heterocycles. The average molecular weight is 621 g/mol. The third-order valence-electron chi connectivity index (χ3n) is 9.62. The molecule has 43 heavy (non-hydrogen) atoms. The van der Waals surface area contributed by atoms with Crippen LogP contribution in [0.4, 0.5) is 0 Å². The van der Waals surface area contributed by atoms with Crippen LogP contribution in [0, 0.1) is 0 Å². The Morgan fingerprint density at radius 1 is 0.419 bits per heavy atom. The highest BCUT2D eigenvalue weighted by Gasteiger charge is 2.37. The largest absolute Gasteiger partial charge is 0.516 e. The summed E-state index contributed by atoms with van der Waals surface area (Å²) in [5, 5.41) is 0. The van der Waals surface area contributed by atoms with Gasteiger partial charge in [-0.25, -0.2) is 4.79 Å². The summed E-state index contributed by atoms with van der Waals surface area (Å²) in [4.78, 5) is 12.9. The number of carbonyl (C=O) groups excluding carboxylic acids is 1. The van der Waals surface area contributed by atoms with Gasteiger partial charge in [-0.2, -0.15) is 0 Å². The van der Waals surface area contributed by atoms with E-state index in [1.165, 1.54) is 211 Å². The van der Waals surface area contributed by atoms with E-state index in [9.17, 15) is 4.79 Å². The van der Waals surface area contributed by atoms with Crippen LogP contribution in [0.1, 0.15) is 220 Å². The van der Waals surface area contributed by atoms with Crippen molar-refractivity contribution in [1.82, 2.24) is 0 Å². The summed E-state index contributed by atoms with van der Waals surface area (Å²) in [5.41, 5.74) is 0.589. The molecule has 0 aliphatic heterocycles. The summed E-state index contributed by atoms with van der Waals surface area (Å²) >= 11 is 0. The Kier molecular flexibility index (Phi) is 32.4. The topological polar surface area (TPSA) is 26.3 Å². The first-order chi connectivity index (χ1) is 21.0. The fourth-order valence-electron chi connectivity index (χ4n) is 6.62. The molecule has 0 aliphatic rings. The second-order valence-corrected chi connectivity index (χ2v) is 18.2. The quantitative estimate of drug-likeness (QED) is 0.0400. The number of carbonyl (C=O) groups is 1. The Labute approximate surface area is 273 Å². The zero-order chi connectivity index (χ0) is 31.7. The van der Waals surface area contributed by atoms with Crippen molar-refractivity contribution >= 4 is 14.3 Å². The van der Waals surface area contributed by atoms with Gasteiger partial charge in [-0.1, -0.05) is 220 Å².